The molecule has 5 rings (SSSR count). The maximum Gasteiger partial charge on any atom is 0.249 e. The maximum absolute atomic E-state index is 14.7. The lowest BCUT2D eigenvalue weighted by Gasteiger charge is -2.42. The number of amides is 3. The molecule has 0 radical (unpaired) electrons. The van der Waals surface area contributed by atoms with Crippen LogP contribution in [-0.2, 0) is 19.1 Å². The topological polar surface area (TPSA) is 90.4 Å². The van der Waals surface area contributed by atoms with Crippen LogP contribution in [-0.4, -0.2) is 81.7 Å². The summed E-state index contributed by atoms with van der Waals surface area (Å²) < 4.78 is 7.08. The van der Waals surface area contributed by atoms with E-state index in [2.05, 4.69) is 6.92 Å². The fourth-order valence-electron chi connectivity index (χ4n) is 7.74. The minimum Gasteiger partial charge on any atom is -0.394 e. The van der Waals surface area contributed by atoms with Crippen LogP contribution in [0.25, 0.3) is 0 Å². The Morgan fingerprint density at radius 3 is 2.29 bits per heavy atom. The minimum atomic E-state index is -1.32. The van der Waals surface area contributed by atoms with E-state index in [0.717, 1.165) is 18.5 Å². The molecule has 2 fully saturated rings. The van der Waals surface area contributed by atoms with E-state index in [1.165, 1.54) is 0 Å². The second-order valence-electron chi connectivity index (χ2n) is 12.6. The fraction of sp³-hybridized carbons (Fsp3) is 0.606. The third-order valence-corrected chi connectivity index (χ3v) is 9.56. The Labute approximate surface area is 244 Å². The number of fused-ring (bicyclic) bond motifs is 2. The summed E-state index contributed by atoms with van der Waals surface area (Å²) in [7, 11) is 0. The van der Waals surface area contributed by atoms with Crippen molar-refractivity contribution >= 4 is 23.4 Å². The number of aliphatic hydroxyl groups excluding tert-OH is 1. The third kappa shape index (κ3) is 4.63. The Balaban J connectivity index is 1.68. The van der Waals surface area contributed by atoms with Crippen molar-refractivity contribution in [2.24, 2.45) is 17.8 Å². The lowest BCUT2D eigenvalue weighted by Crippen LogP contribution is -2.60. The van der Waals surface area contributed by atoms with Gasteiger partial charge in [0.15, 0.2) is 0 Å². The van der Waals surface area contributed by atoms with Crippen molar-refractivity contribution in [2.45, 2.75) is 89.6 Å². The highest BCUT2D eigenvalue weighted by Gasteiger charge is 2.76. The zero-order chi connectivity index (χ0) is 29.5. The normalized spacial score (nSPS) is 32.6. The van der Waals surface area contributed by atoms with Crippen molar-refractivity contribution in [3.8, 4) is 0 Å². The first-order chi connectivity index (χ1) is 19.7. The molecule has 2 saturated heterocycles. The van der Waals surface area contributed by atoms with Crippen LogP contribution in [0.3, 0.4) is 0 Å². The molecule has 0 bridgehead atoms. The molecule has 2 unspecified atom stereocenters. The molecule has 4 aliphatic rings. The molecule has 0 aliphatic carbocycles. The minimum absolute atomic E-state index is 0.0249. The van der Waals surface area contributed by atoms with Gasteiger partial charge in [-0.2, -0.15) is 0 Å². The van der Waals surface area contributed by atoms with Crippen molar-refractivity contribution in [1.29, 1.82) is 0 Å². The number of ether oxygens (including phenoxy) is 1. The Bertz CT molecular complexity index is 1210. The van der Waals surface area contributed by atoms with Crippen molar-refractivity contribution in [1.82, 2.24) is 9.80 Å². The van der Waals surface area contributed by atoms with Gasteiger partial charge >= 0.3 is 0 Å². The molecule has 1 N–H and O–H groups in total. The molecule has 8 heteroatoms. The summed E-state index contributed by atoms with van der Waals surface area (Å²) in [5.74, 6) is -2.15. The number of likely N-dealkylation sites (tertiary alicyclic amines) is 1. The second kappa shape index (κ2) is 11.4. The van der Waals surface area contributed by atoms with E-state index >= 15 is 0 Å². The third-order valence-electron chi connectivity index (χ3n) is 9.56. The molecular weight excluding hydrogens is 518 g/mol. The molecule has 4 heterocycles. The van der Waals surface area contributed by atoms with Crippen LogP contribution in [0.4, 0.5) is 5.69 Å². The van der Waals surface area contributed by atoms with Crippen LogP contribution in [0.1, 0.15) is 60.3 Å². The van der Waals surface area contributed by atoms with Gasteiger partial charge in [-0.3, -0.25) is 14.4 Å². The highest BCUT2D eigenvalue weighted by molar-refractivity contribution is 6.04. The van der Waals surface area contributed by atoms with Crippen LogP contribution < -0.4 is 4.90 Å². The summed E-state index contributed by atoms with van der Waals surface area (Å²) in [4.78, 5) is 49.1. The lowest BCUT2D eigenvalue weighted by molar-refractivity contribution is -0.157. The number of rotatable bonds is 9. The summed E-state index contributed by atoms with van der Waals surface area (Å²) in [6, 6.07) is 7.94. The molecule has 3 amide bonds. The lowest BCUT2D eigenvalue weighted by atomic mass is 9.73. The Hall–Kier alpha value is -2.97. The van der Waals surface area contributed by atoms with Gasteiger partial charge < -0.3 is 24.5 Å². The van der Waals surface area contributed by atoms with E-state index in [-0.39, 0.29) is 36.3 Å². The number of nitrogens with zero attached hydrogens (tertiary/aromatic N) is 3. The highest BCUT2D eigenvalue weighted by Crippen LogP contribution is 2.59. The van der Waals surface area contributed by atoms with E-state index in [1.54, 1.807) is 9.80 Å². The van der Waals surface area contributed by atoms with E-state index in [9.17, 15) is 19.5 Å². The molecule has 1 aromatic carbocycles. The number of anilines is 1. The zero-order valence-electron chi connectivity index (χ0n) is 25.0. The molecule has 4 aliphatic heterocycles. The van der Waals surface area contributed by atoms with E-state index in [1.807, 2.05) is 87.2 Å². The van der Waals surface area contributed by atoms with Gasteiger partial charge in [-0.15, -0.1) is 0 Å². The zero-order valence-corrected chi connectivity index (χ0v) is 25.0. The van der Waals surface area contributed by atoms with Crippen LogP contribution in [0, 0.1) is 17.8 Å². The van der Waals surface area contributed by atoms with Gasteiger partial charge in [-0.1, -0.05) is 76.6 Å². The molecular formula is C33H45N3O5. The highest BCUT2D eigenvalue weighted by atomic mass is 16.5. The molecule has 222 valence electrons. The number of aliphatic hydroxyl groups is 1. The Morgan fingerprint density at radius 1 is 0.951 bits per heavy atom. The summed E-state index contributed by atoms with van der Waals surface area (Å²) in [5.41, 5.74) is -1.60. The summed E-state index contributed by atoms with van der Waals surface area (Å²) >= 11 is 0. The molecule has 1 spiro atoms. The molecule has 8 nitrogen and oxygen atoms in total. The SMILES string of the molecule is CCCC(C)N1CC=C[C@]23O[C@]4(CC)C=CCN(c5ccccc5)C(=O)[C@@H]4[C@H]2C(=O)N([C@@H](CO)CC(C)C)C3C1=O. The summed E-state index contributed by atoms with van der Waals surface area (Å²) in [6.45, 7) is 10.7. The largest absolute Gasteiger partial charge is 0.394 e. The van der Waals surface area contributed by atoms with Gasteiger partial charge in [-0.25, -0.2) is 0 Å². The smallest absolute Gasteiger partial charge is 0.249 e. The maximum atomic E-state index is 14.7. The first-order valence-corrected chi connectivity index (χ1v) is 15.3. The first kappa shape index (κ1) is 29.5. The Kier molecular flexibility index (Phi) is 8.18. The Morgan fingerprint density at radius 2 is 1.66 bits per heavy atom. The van der Waals surface area contributed by atoms with Crippen molar-refractivity contribution < 1.29 is 24.2 Å². The van der Waals surface area contributed by atoms with Gasteiger partial charge in [0.1, 0.15) is 11.6 Å². The average Bonchev–Trinajstić information content (AvgIpc) is 3.25. The van der Waals surface area contributed by atoms with E-state index < -0.39 is 35.1 Å². The number of hydrogen-bond donors (Lipinski definition) is 1. The van der Waals surface area contributed by atoms with Gasteiger partial charge in [0.2, 0.25) is 17.7 Å². The van der Waals surface area contributed by atoms with E-state index in [0.29, 0.717) is 25.9 Å². The van der Waals surface area contributed by atoms with Crippen molar-refractivity contribution in [3.63, 3.8) is 0 Å². The molecule has 0 aromatic heterocycles. The van der Waals surface area contributed by atoms with Gasteiger partial charge in [0.25, 0.3) is 0 Å². The summed E-state index contributed by atoms with van der Waals surface area (Å²) in [5, 5.41) is 10.6. The van der Waals surface area contributed by atoms with Crippen LogP contribution in [0.5, 0.6) is 0 Å². The molecule has 0 saturated carbocycles. The van der Waals surface area contributed by atoms with Gasteiger partial charge in [-0.05, 0) is 44.2 Å². The van der Waals surface area contributed by atoms with Crippen LogP contribution >= 0.6 is 0 Å². The molecule has 7 atom stereocenters. The van der Waals surface area contributed by atoms with Gasteiger partial charge in [0, 0.05) is 24.8 Å². The molecule has 41 heavy (non-hydrogen) atoms. The first-order valence-electron chi connectivity index (χ1n) is 15.3. The number of carbonyl (C=O) groups is 3. The van der Waals surface area contributed by atoms with E-state index in [4.69, 9.17) is 4.74 Å². The van der Waals surface area contributed by atoms with Crippen molar-refractivity contribution in [3.05, 3.63) is 54.6 Å². The van der Waals surface area contributed by atoms with Crippen LogP contribution in [0.2, 0.25) is 0 Å². The molecule has 1 aromatic rings. The van der Waals surface area contributed by atoms with Crippen LogP contribution in [0.15, 0.2) is 54.6 Å². The average molecular weight is 564 g/mol. The summed E-state index contributed by atoms with van der Waals surface area (Å²) in [6.07, 6.45) is 10.5. The number of carbonyl (C=O) groups excluding carboxylic acids is 3. The number of hydrogen-bond acceptors (Lipinski definition) is 5. The predicted octanol–water partition coefficient (Wildman–Crippen LogP) is 3.94. The predicted molar refractivity (Wildman–Crippen MR) is 158 cm³/mol. The van der Waals surface area contributed by atoms with Crippen molar-refractivity contribution in [2.75, 3.05) is 24.6 Å². The fourth-order valence-corrected chi connectivity index (χ4v) is 7.74. The quantitative estimate of drug-likeness (QED) is 0.460. The monoisotopic (exact) mass is 563 g/mol. The van der Waals surface area contributed by atoms with Gasteiger partial charge in [0.05, 0.1) is 30.1 Å². The number of para-hydroxylation sites is 1. The second-order valence-corrected chi connectivity index (χ2v) is 12.6. The standard InChI is InChI=1S/C33H45N3O5/c1-6-13-23(5)34-18-12-17-33-27(30(39)36(28(33)31(34)40)25(21-37)20-22(3)4)26-29(38)35(24-14-9-8-10-15-24)19-11-16-32(26,7-2)41-33/h8-12,14-17,22-23,25-28,37H,6-7,13,18-21H2,1-5H3/t23?,25-,26+,27+,28?,32-,33+/m1/s1. The number of benzene rings is 1.